The van der Waals surface area contributed by atoms with Gasteiger partial charge in [-0.15, -0.1) is 11.3 Å². The summed E-state index contributed by atoms with van der Waals surface area (Å²) in [6.07, 6.45) is 6.91. The van der Waals surface area contributed by atoms with Crippen molar-refractivity contribution < 1.29 is 0 Å². The second-order valence-electron chi connectivity index (χ2n) is 5.43. The molecule has 4 heteroatoms. The van der Waals surface area contributed by atoms with Gasteiger partial charge in [-0.3, -0.25) is 0 Å². The predicted octanol–water partition coefficient (Wildman–Crippen LogP) is 6.14. The first-order valence-electron chi connectivity index (χ1n) is 7.35. The van der Waals surface area contributed by atoms with Gasteiger partial charge in [-0.25, -0.2) is 0 Å². The summed E-state index contributed by atoms with van der Waals surface area (Å²) in [6, 6.07) is 2.80. The van der Waals surface area contributed by atoms with Gasteiger partial charge in [0.05, 0.1) is 7.57 Å². The lowest BCUT2D eigenvalue weighted by Gasteiger charge is -2.37. The van der Waals surface area contributed by atoms with Gasteiger partial charge in [0.1, 0.15) is 0 Å². The molecule has 1 heterocycles. The van der Waals surface area contributed by atoms with E-state index in [0.29, 0.717) is 6.04 Å². The van der Waals surface area contributed by atoms with E-state index in [1.807, 2.05) is 0 Å². The van der Waals surface area contributed by atoms with E-state index in [2.05, 4.69) is 57.1 Å². The van der Waals surface area contributed by atoms with Crippen LogP contribution >= 0.6 is 43.2 Å². The molecule has 0 amide bonds. The van der Waals surface area contributed by atoms with Crippen LogP contribution in [0.25, 0.3) is 0 Å². The normalized spacial score (nSPS) is 25.5. The lowest BCUT2D eigenvalue weighted by Crippen LogP contribution is -2.34. The quantitative estimate of drug-likeness (QED) is 0.616. The summed E-state index contributed by atoms with van der Waals surface area (Å²) < 4.78 is 2.51. The Morgan fingerprint density at radius 1 is 1.32 bits per heavy atom. The molecule has 0 aromatic carbocycles. The van der Waals surface area contributed by atoms with Gasteiger partial charge in [0.25, 0.3) is 0 Å². The highest BCUT2D eigenvalue weighted by atomic mass is 79.9. The first-order valence-corrected chi connectivity index (χ1v) is 9.75. The molecule has 1 aliphatic carbocycles. The minimum Gasteiger partial charge on any atom is -0.310 e. The highest BCUT2D eigenvalue weighted by molar-refractivity contribution is 9.12. The van der Waals surface area contributed by atoms with Gasteiger partial charge >= 0.3 is 0 Å². The van der Waals surface area contributed by atoms with Crippen molar-refractivity contribution in [2.75, 3.05) is 6.54 Å². The van der Waals surface area contributed by atoms with E-state index < -0.39 is 0 Å². The van der Waals surface area contributed by atoms with Crippen LogP contribution in [0.5, 0.6) is 0 Å². The van der Waals surface area contributed by atoms with Crippen LogP contribution in [0.2, 0.25) is 0 Å². The Morgan fingerprint density at radius 3 is 2.63 bits per heavy atom. The first kappa shape index (κ1) is 16.0. The number of halogens is 2. The smallest absolute Gasteiger partial charge is 0.0758 e. The molecule has 1 saturated carbocycles. The molecule has 1 aromatic heterocycles. The maximum Gasteiger partial charge on any atom is 0.0758 e. The monoisotopic (exact) mass is 407 g/mol. The van der Waals surface area contributed by atoms with Crippen molar-refractivity contribution in [3.8, 4) is 0 Å². The Bertz CT molecular complexity index is 405. The average molecular weight is 409 g/mol. The molecular weight excluding hydrogens is 386 g/mol. The van der Waals surface area contributed by atoms with E-state index in [9.17, 15) is 0 Å². The summed E-state index contributed by atoms with van der Waals surface area (Å²) in [5.74, 6) is 1.67. The molecule has 2 rings (SSSR count). The summed E-state index contributed by atoms with van der Waals surface area (Å²) in [6.45, 7) is 5.61. The SMILES string of the molecule is CCNC(c1cc(Br)sc1Br)C1CCCCC1CC. The Kier molecular flexibility index (Phi) is 6.38. The summed E-state index contributed by atoms with van der Waals surface area (Å²) in [5, 5.41) is 3.74. The molecule has 0 radical (unpaired) electrons. The van der Waals surface area contributed by atoms with Crippen LogP contribution in [0.15, 0.2) is 13.6 Å². The molecule has 1 aliphatic rings. The summed E-state index contributed by atoms with van der Waals surface area (Å²) in [4.78, 5) is 0. The second-order valence-corrected chi connectivity index (χ2v) is 9.18. The molecule has 0 spiro atoms. The van der Waals surface area contributed by atoms with Gasteiger partial charge in [0, 0.05) is 6.04 Å². The Labute approximate surface area is 137 Å². The molecular formula is C15H23Br2NS. The highest BCUT2D eigenvalue weighted by Gasteiger charge is 2.32. The summed E-state index contributed by atoms with van der Waals surface area (Å²) >= 11 is 9.15. The Hall–Kier alpha value is 0.620. The fourth-order valence-corrected chi connectivity index (χ4v) is 6.39. The van der Waals surface area contributed by atoms with Crippen molar-refractivity contribution in [3.05, 3.63) is 19.2 Å². The van der Waals surface area contributed by atoms with Crippen LogP contribution in [0.3, 0.4) is 0 Å². The number of hydrogen-bond acceptors (Lipinski definition) is 2. The van der Waals surface area contributed by atoms with E-state index in [-0.39, 0.29) is 0 Å². The molecule has 0 aliphatic heterocycles. The van der Waals surface area contributed by atoms with Crippen LogP contribution in [-0.4, -0.2) is 6.54 Å². The topological polar surface area (TPSA) is 12.0 Å². The van der Waals surface area contributed by atoms with Gasteiger partial charge in [-0.1, -0.05) is 39.5 Å². The highest BCUT2D eigenvalue weighted by Crippen LogP contribution is 2.44. The Balaban J connectivity index is 2.25. The summed E-state index contributed by atoms with van der Waals surface area (Å²) in [7, 11) is 0. The van der Waals surface area contributed by atoms with Crippen LogP contribution in [0, 0.1) is 11.8 Å². The zero-order chi connectivity index (χ0) is 13.8. The maximum absolute atomic E-state index is 3.74. The molecule has 19 heavy (non-hydrogen) atoms. The van der Waals surface area contributed by atoms with Crippen molar-refractivity contribution in [3.63, 3.8) is 0 Å². The van der Waals surface area contributed by atoms with E-state index in [0.717, 1.165) is 18.4 Å². The van der Waals surface area contributed by atoms with Crippen molar-refractivity contribution in [2.24, 2.45) is 11.8 Å². The standard InChI is InChI=1S/C15H23Br2NS/c1-3-10-7-5-6-8-11(10)14(18-4-2)12-9-13(16)19-15(12)17/h9-11,14,18H,3-8H2,1-2H3. The van der Waals surface area contributed by atoms with Crippen LogP contribution < -0.4 is 5.32 Å². The lowest BCUT2D eigenvalue weighted by atomic mass is 9.72. The predicted molar refractivity (Wildman–Crippen MR) is 91.9 cm³/mol. The minimum absolute atomic E-state index is 0.507. The third-order valence-corrected chi connectivity index (χ3v) is 6.75. The molecule has 108 valence electrons. The average Bonchev–Trinajstić information content (AvgIpc) is 2.75. The van der Waals surface area contributed by atoms with Crippen LogP contribution in [-0.2, 0) is 0 Å². The second kappa shape index (κ2) is 7.58. The summed E-state index contributed by atoms with van der Waals surface area (Å²) in [5.41, 5.74) is 1.45. The van der Waals surface area contributed by atoms with Gasteiger partial charge in [-0.05, 0) is 68.3 Å². The fraction of sp³-hybridized carbons (Fsp3) is 0.733. The third-order valence-electron chi connectivity index (χ3n) is 4.36. The molecule has 0 bridgehead atoms. The van der Waals surface area contributed by atoms with Crippen molar-refractivity contribution >= 4 is 43.2 Å². The van der Waals surface area contributed by atoms with Crippen LogP contribution in [0.4, 0.5) is 0 Å². The van der Waals surface area contributed by atoms with Gasteiger partial charge in [0.2, 0.25) is 0 Å². The number of thiophene rings is 1. The van der Waals surface area contributed by atoms with Gasteiger partial charge in [-0.2, -0.15) is 0 Å². The zero-order valence-corrected chi connectivity index (χ0v) is 15.7. The zero-order valence-electron chi connectivity index (χ0n) is 11.7. The van der Waals surface area contributed by atoms with Gasteiger partial charge in [0.15, 0.2) is 0 Å². The number of nitrogens with one attached hydrogen (secondary N) is 1. The van der Waals surface area contributed by atoms with Crippen molar-refractivity contribution in [1.29, 1.82) is 0 Å². The molecule has 3 unspecified atom stereocenters. The molecule has 0 saturated heterocycles. The number of hydrogen-bond donors (Lipinski definition) is 1. The third kappa shape index (κ3) is 3.84. The van der Waals surface area contributed by atoms with E-state index >= 15 is 0 Å². The molecule has 1 N–H and O–H groups in total. The van der Waals surface area contributed by atoms with Crippen molar-refractivity contribution in [1.82, 2.24) is 5.32 Å². The molecule has 1 nitrogen and oxygen atoms in total. The van der Waals surface area contributed by atoms with E-state index in [1.165, 1.54) is 45.2 Å². The van der Waals surface area contributed by atoms with E-state index in [4.69, 9.17) is 0 Å². The largest absolute Gasteiger partial charge is 0.310 e. The van der Waals surface area contributed by atoms with Crippen LogP contribution in [0.1, 0.15) is 57.6 Å². The van der Waals surface area contributed by atoms with Crippen molar-refractivity contribution in [2.45, 2.75) is 52.0 Å². The lowest BCUT2D eigenvalue weighted by molar-refractivity contribution is 0.176. The molecule has 3 atom stereocenters. The minimum atomic E-state index is 0.507. The van der Waals surface area contributed by atoms with Gasteiger partial charge < -0.3 is 5.32 Å². The first-order chi connectivity index (χ1) is 9.17. The molecule has 1 fully saturated rings. The molecule has 1 aromatic rings. The number of rotatable bonds is 5. The maximum atomic E-state index is 3.74. The fourth-order valence-electron chi connectivity index (χ4n) is 3.46. The Morgan fingerprint density at radius 2 is 2.05 bits per heavy atom. The van der Waals surface area contributed by atoms with E-state index in [1.54, 1.807) is 11.3 Å².